The predicted octanol–water partition coefficient (Wildman–Crippen LogP) is 2.94. The number of hydrogen-bond donors (Lipinski definition) is 2. The van der Waals surface area contributed by atoms with Crippen molar-refractivity contribution in [1.82, 2.24) is 5.32 Å². The maximum Gasteiger partial charge on any atom is 0.119 e. The van der Waals surface area contributed by atoms with Crippen molar-refractivity contribution in [3.8, 4) is 5.75 Å². The average molecular weight is 277 g/mol. The molecule has 1 aliphatic rings. The largest absolute Gasteiger partial charge is 0.492 e. The Balaban J connectivity index is 2.03. The van der Waals surface area contributed by atoms with Gasteiger partial charge >= 0.3 is 0 Å². The van der Waals surface area contributed by atoms with Gasteiger partial charge in [0.2, 0.25) is 0 Å². The summed E-state index contributed by atoms with van der Waals surface area (Å²) in [7, 11) is 0. The summed E-state index contributed by atoms with van der Waals surface area (Å²) in [6.45, 7) is 7.96. The van der Waals surface area contributed by atoms with Crippen molar-refractivity contribution in [2.75, 3.05) is 19.8 Å². The lowest BCUT2D eigenvalue weighted by atomic mass is 9.95. The van der Waals surface area contributed by atoms with E-state index >= 15 is 0 Å². The highest BCUT2D eigenvalue weighted by atomic mass is 16.5. The molecule has 1 aromatic carbocycles. The zero-order chi connectivity index (χ0) is 14.6. The average Bonchev–Trinajstić information content (AvgIpc) is 3.29. The van der Waals surface area contributed by atoms with Crippen LogP contribution in [0.3, 0.4) is 0 Å². The molecule has 0 heterocycles. The molecule has 2 rings (SSSR count). The molecule has 1 unspecified atom stereocenters. The molecule has 3 heteroatoms. The highest BCUT2D eigenvalue weighted by Crippen LogP contribution is 2.40. The summed E-state index contributed by atoms with van der Waals surface area (Å²) in [6, 6.07) is 8.26. The van der Waals surface area contributed by atoms with Crippen molar-refractivity contribution in [3.05, 3.63) is 29.8 Å². The van der Waals surface area contributed by atoms with E-state index in [2.05, 4.69) is 38.2 Å². The fraction of sp³-hybridized carbons (Fsp3) is 0.647. The van der Waals surface area contributed by atoms with Crippen LogP contribution in [-0.2, 0) is 0 Å². The Labute approximate surface area is 122 Å². The van der Waals surface area contributed by atoms with Crippen molar-refractivity contribution >= 4 is 0 Å². The molecule has 0 aromatic heterocycles. The molecule has 0 saturated heterocycles. The van der Waals surface area contributed by atoms with Gasteiger partial charge in [-0.15, -0.1) is 0 Å². The Kier molecular flexibility index (Phi) is 5.06. The normalized spacial score (nSPS) is 18.1. The van der Waals surface area contributed by atoms with Crippen LogP contribution < -0.4 is 10.1 Å². The van der Waals surface area contributed by atoms with Gasteiger partial charge in [-0.05, 0) is 48.9 Å². The molecule has 1 aromatic rings. The lowest BCUT2D eigenvalue weighted by Crippen LogP contribution is -2.55. The number of hydrogen-bond acceptors (Lipinski definition) is 3. The van der Waals surface area contributed by atoms with Crippen LogP contribution in [0.25, 0.3) is 0 Å². The number of likely N-dealkylation sites (N-methyl/N-ethyl adjacent to an activating group) is 1. The van der Waals surface area contributed by atoms with Gasteiger partial charge in [0.05, 0.1) is 12.1 Å². The number of benzene rings is 1. The van der Waals surface area contributed by atoms with E-state index in [0.717, 1.165) is 12.3 Å². The first-order chi connectivity index (χ1) is 9.61. The van der Waals surface area contributed by atoms with E-state index in [1.54, 1.807) is 0 Å². The molecule has 1 aliphatic carbocycles. The molecular formula is C17H27NO2. The maximum absolute atomic E-state index is 9.80. The van der Waals surface area contributed by atoms with Crippen LogP contribution in [0.5, 0.6) is 5.75 Å². The summed E-state index contributed by atoms with van der Waals surface area (Å²) in [6.07, 6.45) is 2.37. The first-order valence-corrected chi connectivity index (χ1v) is 7.70. The summed E-state index contributed by atoms with van der Waals surface area (Å²) in [5, 5.41) is 13.2. The lowest BCUT2D eigenvalue weighted by molar-refractivity contribution is 0.0864. The Morgan fingerprint density at radius 2 is 2.15 bits per heavy atom. The van der Waals surface area contributed by atoms with E-state index < -0.39 is 0 Å². The Morgan fingerprint density at radius 1 is 1.40 bits per heavy atom. The molecule has 0 bridgehead atoms. The molecule has 0 amide bonds. The molecule has 0 radical (unpaired) electrons. The second kappa shape index (κ2) is 6.59. The van der Waals surface area contributed by atoms with Crippen molar-refractivity contribution < 1.29 is 9.84 Å². The van der Waals surface area contributed by atoms with Crippen molar-refractivity contribution in [2.45, 2.75) is 45.1 Å². The van der Waals surface area contributed by atoms with Crippen LogP contribution in [0.1, 0.15) is 45.1 Å². The van der Waals surface area contributed by atoms with Gasteiger partial charge in [-0.2, -0.15) is 0 Å². The predicted molar refractivity (Wildman–Crippen MR) is 82.2 cm³/mol. The van der Waals surface area contributed by atoms with E-state index in [4.69, 9.17) is 4.74 Å². The van der Waals surface area contributed by atoms with Gasteiger partial charge in [0.1, 0.15) is 12.4 Å². The number of nitrogens with one attached hydrogen (secondary N) is 1. The van der Waals surface area contributed by atoms with Gasteiger partial charge in [-0.1, -0.05) is 32.9 Å². The SMILES string of the molecule is CCNC(CO)(COc1cccc(C(C)C)c1)C1CC1. The monoisotopic (exact) mass is 277 g/mol. The second-order valence-electron chi connectivity index (χ2n) is 6.13. The summed E-state index contributed by atoms with van der Waals surface area (Å²) in [4.78, 5) is 0. The quantitative estimate of drug-likeness (QED) is 0.767. The van der Waals surface area contributed by atoms with Gasteiger partial charge in [0, 0.05) is 0 Å². The minimum absolute atomic E-state index is 0.134. The third-order valence-corrected chi connectivity index (χ3v) is 4.19. The minimum Gasteiger partial charge on any atom is -0.492 e. The third kappa shape index (κ3) is 3.53. The lowest BCUT2D eigenvalue weighted by Gasteiger charge is -2.33. The van der Waals surface area contributed by atoms with Gasteiger partial charge in [0.15, 0.2) is 0 Å². The first kappa shape index (κ1) is 15.3. The van der Waals surface area contributed by atoms with Crippen LogP contribution in [0.4, 0.5) is 0 Å². The van der Waals surface area contributed by atoms with Crippen molar-refractivity contribution in [2.24, 2.45) is 5.92 Å². The van der Waals surface area contributed by atoms with Gasteiger partial charge in [-0.3, -0.25) is 0 Å². The number of aliphatic hydroxyl groups is 1. The highest BCUT2D eigenvalue weighted by Gasteiger charge is 2.45. The summed E-state index contributed by atoms with van der Waals surface area (Å²) in [5.41, 5.74) is 1.01. The van der Waals surface area contributed by atoms with E-state index in [1.807, 2.05) is 12.1 Å². The second-order valence-corrected chi connectivity index (χ2v) is 6.13. The Bertz CT molecular complexity index is 429. The van der Waals surface area contributed by atoms with Crippen LogP contribution >= 0.6 is 0 Å². The third-order valence-electron chi connectivity index (χ3n) is 4.19. The fourth-order valence-electron chi connectivity index (χ4n) is 2.71. The van der Waals surface area contributed by atoms with Crippen LogP contribution in [0.15, 0.2) is 24.3 Å². The number of rotatable bonds is 8. The summed E-state index contributed by atoms with van der Waals surface area (Å²) in [5.74, 6) is 1.94. The van der Waals surface area contributed by atoms with Crippen LogP contribution in [0.2, 0.25) is 0 Å². The number of ether oxygens (including phenoxy) is 1. The molecule has 2 N–H and O–H groups in total. The molecule has 0 aliphatic heterocycles. The zero-order valence-electron chi connectivity index (χ0n) is 12.9. The zero-order valence-corrected chi connectivity index (χ0v) is 12.9. The maximum atomic E-state index is 9.80. The smallest absolute Gasteiger partial charge is 0.119 e. The van der Waals surface area contributed by atoms with Gasteiger partial charge < -0.3 is 15.2 Å². The van der Waals surface area contributed by atoms with Gasteiger partial charge in [-0.25, -0.2) is 0 Å². The molecule has 1 fully saturated rings. The first-order valence-electron chi connectivity index (χ1n) is 7.70. The molecule has 3 nitrogen and oxygen atoms in total. The standard InChI is InChI=1S/C17H27NO2/c1-4-18-17(11-19,15-8-9-15)12-20-16-7-5-6-14(10-16)13(2)3/h5-7,10,13,15,18-19H,4,8-9,11-12H2,1-3H3. The molecule has 0 spiro atoms. The van der Waals surface area contributed by atoms with E-state index in [0.29, 0.717) is 18.4 Å². The Hall–Kier alpha value is -1.06. The summed E-state index contributed by atoms with van der Waals surface area (Å²) >= 11 is 0. The molecule has 112 valence electrons. The van der Waals surface area contributed by atoms with E-state index in [9.17, 15) is 5.11 Å². The van der Waals surface area contributed by atoms with E-state index in [-0.39, 0.29) is 12.1 Å². The van der Waals surface area contributed by atoms with Gasteiger partial charge in [0.25, 0.3) is 0 Å². The Morgan fingerprint density at radius 3 is 2.70 bits per heavy atom. The summed E-state index contributed by atoms with van der Waals surface area (Å²) < 4.78 is 5.98. The molecule has 1 atom stereocenters. The highest BCUT2D eigenvalue weighted by molar-refractivity contribution is 5.30. The molecule has 20 heavy (non-hydrogen) atoms. The van der Waals surface area contributed by atoms with E-state index in [1.165, 1.54) is 18.4 Å². The fourth-order valence-corrected chi connectivity index (χ4v) is 2.71. The molecular weight excluding hydrogens is 250 g/mol. The number of aliphatic hydroxyl groups excluding tert-OH is 1. The molecule has 1 saturated carbocycles. The van der Waals surface area contributed by atoms with Crippen LogP contribution in [-0.4, -0.2) is 30.4 Å². The van der Waals surface area contributed by atoms with Crippen LogP contribution in [0, 0.1) is 5.92 Å². The van der Waals surface area contributed by atoms with Crippen molar-refractivity contribution in [3.63, 3.8) is 0 Å². The minimum atomic E-state index is -0.275. The topological polar surface area (TPSA) is 41.5 Å². The van der Waals surface area contributed by atoms with Crippen molar-refractivity contribution in [1.29, 1.82) is 0 Å².